The molecule has 7 heteroatoms. The van der Waals surface area contributed by atoms with Gasteiger partial charge in [-0.25, -0.2) is 8.42 Å². The third-order valence-corrected chi connectivity index (χ3v) is 4.65. The predicted octanol–water partition coefficient (Wildman–Crippen LogP) is 0.347. The van der Waals surface area contributed by atoms with E-state index in [4.69, 9.17) is 0 Å². The van der Waals surface area contributed by atoms with E-state index in [-0.39, 0.29) is 48.2 Å². The lowest BCUT2D eigenvalue weighted by molar-refractivity contribution is -0.121. The van der Waals surface area contributed by atoms with Gasteiger partial charge in [-0.05, 0) is 18.9 Å². The minimum atomic E-state index is -3.09. The lowest BCUT2D eigenvalue weighted by Gasteiger charge is -2.11. The SMILES string of the molecule is CC(C)CS(=O)(=O)CCC(=O)NC1CCNC1.Cl. The average molecular weight is 299 g/mol. The van der Waals surface area contributed by atoms with Gasteiger partial charge in [0.15, 0.2) is 9.84 Å². The number of carbonyl (C=O) groups excluding carboxylic acids is 1. The quantitative estimate of drug-likeness (QED) is 0.742. The van der Waals surface area contributed by atoms with Gasteiger partial charge in [0, 0.05) is 19.0 Å². The summed E-state index contributed by atoms with van der Waals surface area (Å²) in [5.41, 5.74) is 0. The Morgan fingerprint density at radius 3 is 2.61 bits per heavy atom. The molecule has 0 aliphatic carbocycles. The van der Waals surface area contributed by atoms with Crippen molar-refractivity contribution < 1.29 is 13.2 Å². The highest BCUT2D eigenvalue weighted by Crippen LogP contribution is 2.03. The zero-order chi connectivity index (χ0) is 12.9. The highest BCUT2D eigenvalue weighted by molar-refractivity contribution is 7.91. The molecule has 1 rings (SSSR count). The van der Waals surface area contributed by atoms with E-state index in [1.807, 2.05) is 13.8 Å². The van der Waals surface area contributed by atoms with Gasteiger partial charge in [-0.1, -0.05) is 13.8 Å². The molecule has 1 amide bonds. The molecule has 2 N–H and O–H groups in total. The van der Waals surface area contributed by atoms with Crippen LogP contribution in [0.15, 0.2) is 0 Å². The molecule has 0 aromatic rings. The maximum absolute atomic E-state index is 11.6. The molecule has 0 bridgehead atoms. The summed E-state index contributed by atoms with van der Waals surface area (Å²) in [6.45, 7) is 5.42. The lowest BCUT2D eigenvalue weighted by atomic mass is 10.2. The van der Waals surface area contributed by atoms with Crippen molar-refractivity contribution in [1.82, 2.24) is 10.6 Å². The van der Waals surface area contributed by atoms with Crippen LogP contribution in [0.1, 0.15) is 26.7 Å². The first-order valence-electron chi connectivity index (χ1n) is 6.09. The number of halogens is 1. The Bertz CT molecular complexity index is 351. The van der Waals surface area contributed by atoms with Crippen molar-refractivity contribution in [1.29, 1.82) is 0 Å². The van der Waals surface area contributed by atoms with E-state index in [9.17, 15) is 13.2 Å². The first-order valence-corrected chi connectivity index (χ1v) is 7.91. The van der Waals surface area contributed by atoms with Crippen LogP contribution in [0, 0.1) is 5.92 Å². The van der Waals surface area contributed by atoms with Crippen LogP contribution in [0.4, 0.5) is 0 Å². The number of rotatable bonds is 6. The fourth-order valence-corrected chi connectivity index (χ4v) is 3.60. The second kappa shape index (κ2) is 7.96. The molecule has 1 aliphatic heterocycles. The smallest absolute Gasteiger partial charge is 0.221 e. The number of hydrogen-bond donors (Lipinski definition) is 2. The van der Waals surface area contributed by atoms with Gasteiger partial charge in [0.05, 0.1) is 11.5 Å². The Hall–Kier alpha value is -0.330. The molecule has 108 valence electrons. The molecular weight excluding hydrogens is 276 g/mol. The minimum Gasteiger partial charge on any atom is -0.352 e. The van der Waals surface area contributed by atoms with Crippen LogP contribution in [0.2, 0.25) is 0 Å². The Labute approximate surface area is 115 Å². The molecule has 1 fully saturated rings. The van der Waals surface area contributed by atoms with E-state index in [1.165, 1.54) is 0 Å². The molecule has 5 nitrogen and oxygen atoms in total. The molecule has 1 saturated heterocycles. The highest BCUT2D eigenvalue weighted by atomic mass is 35.5. The van der Waals surface area contributed by atoms with E-state index in [1.54, 1.807) is 0 Å². The van der Waals surface area contributed by atoms with Crippen LogP contribution >= 0.6 is 12.4 Å². The van der Waals surface area contributed by atoms with Gasteiger partial charge in [0.1, 0.15) is 0 Å². The summed E-state index contributed by atoms with van der Waals surface area (Å²) in [5, 5.41) is 5.98. The Balaban J connectivity index is 0.00000289. The van der Waals surface area contributed by atoms with Crippen LogP contribution in [0.3, 0.4) is 0 Å². The monoisotopic (exact) mass is 298 g/mol. The van der Waals surface area contributed by atoms with Gasteiger partial charge in [0.2, 0.25) is 5.91 Å². The third-order valence-electron chi connectivity index (χ3n) is 2.65. The molecule has 1 unspecified atom stereocenters. The van der Waals surface area contributed by atoms with Gasteiger partial charge in [-0.15, -0.1) is 12.4 Å². The molecule has 0 aromatic heterocycles. The zero-order valence-electron chi connectivity index (χ0n) is 10.9. The van der Waals surface area contributed by atoms with Gasteiger partial charge in [-0.2, -0.15) is 0 Å². The van der Waals surface area contributed by atoms with Crippen molar-refractivity contribution in [2.45, 2.75) is 32.7 Å². The fraction of sp³-hybridized carbons (Fsp3) is 0.909. The number of hydrogen-bond acceptors (Lipinski definition) is 4. The van der Waals surface area contributed by atoms with E-state index in [0.29, 0.717) is 0 Å². The number of sulfone groups is 1. The number of amides is 1. The van der Waals surface area contributed by atoms with Crippen LogP contribution in [0.5, 0.6) is 0 Å². The van der Waals surface area contributed by atoms with Gasteiger partial charge in [-0.3, -0.25) is 4.79 Å². The van der Waals surface area contributed by atoms with E-state index in [0.717, 1.165) is 19.5 Å². The Morgan fingerprint density at radius 2 is 2.11 bits per heavy atom. The first kappa shape index (κ1) is 17.7. The van der Waals surface area contributed by atoms with Crippen molar-refractivity contribution in [2.24, 2.45) is 5.92 Å². The van der Waals surface area contributed by atoms with Gasteiger partial charge < -0.3 is 10.6 Å². The van der Waals surface area contributed by atoms with E-state index < -0.39 is 9.84 Å². The van der Waals surface area contributed by atoms with Crippen molar-refractivity contribution >= 4 is 28.2 Å². The summed E-state index contributed by atoms with van der Waals surface area (Å²) < 4.78 is 23.2. The maximum atomic E-state index is 11.6. The normalized spacial score (nSPS) is 19.6. The van der Waals surface area contributed by atoms with Crippen LogP contribution in [-0.2, 0) is 14.6 Å². The van der Waals surface area contributed by atoms with Gasteiger partial charge >= 0.3 is 0 Å². The molecule has 1 atom stereocenters. The molecule has 18 heavy (non-hydrogen) atoms. The average Bonchev–Trinajstić information content (AvgIpc) is 2.65. The first-order chi connectivity index (χ1) is 7.89. The summed E-state index contributed by atoms with van der Waals surface area (Å²) in [7, 11) is -3.09. The van der Waals surface area contributed by atoms with E-state index in [2.05, 4.69) is 10.6 Å². The van der Waals surface area contributed by atoms with Crippen molar-refractivity contribution in [3.05, 3.63) is 0 Å². The summed E-state index contributed by atoms with van der Waals surface area (Å²) in [6, 6.07) is 0.162. The Morgan fingerprint density at radius 1 is 1.44 bits per heavy atom. The van der Waals surface area contributed by atoms with Gasteiger partial charge in [0.25, 0.3) is 0 Å². The Kier molecular flexibility index (Phi) is 7.82. The predicted molar refractivity (Wildman–Crippen MR) is 74.8 cm³/mol. The number of nitrogens with one attached hydrogen (secondary N) is 2. The highest BCUT2D eigenvalue weighted by Gasteiger charge is 2.19. The molecule has 1 heterocycles. The minimum absolute atomic E-state index is 0. The third kappa shape index (κ3) is 7.18. The molecule has 0 saturated carbocycles. The van der Waals surface area contributed by atoms with Crippen molar-refractivity contribution in [3.63, 3.8) is 0 Å². The molecule has 0 radical (unpaired) electrons. The van der Waals surface area contributed by atoms with Crippen molar-refractivity contribution in [2.75, 3.05) is 24.6 Å². The van der Waals surface area contributed by atoms with Crippen LogP contribution in [0.25, 0.3) is 0 Å². The summed E-state index contributed by atoms with van der Waals surface area (Å²) in [6.07, 6.45) is 0.996. The van der Waals surface area contributed by atoms with Crippen LogP contribution < -0.4 is 10.6 Å². The maximum Gasteiger partial charge on any atom is 0.221 e. The number of carbonyl (C=O) groups is 1. The second-order valence-electron chi connectivity index (χ2n) is 5.02. The molecule has 1 aliphatic rings. The topological polar surface area (TPSA) is 75.3 Å². The van der Waals surface area contributed by atoms with Crippen LogP contribution in [-0.4, -0.2) is 45.0 Å². The van der Waals surface area contributed by atoms with E-state index >= 15 is 0 Å². The second-order valence-corrected chi connectivity index (χ2v) is 7.24. The summed E-state index contributed by atoms with van der Waals surface area (Å²) in [5.74, 6) is 0.0655. The summed E-state index contributed by atoms with van der Waals surface area (Å²) >= 11 is 0. The summed E-state index contributed by atoms with van der Waals surface area (Å²) in [4.78, 5) is 11.5. The molecule has 0 aromatic carbocycles. The fourth-order valence-electron chi connectivity index (χ4n) is 1.92. The standard InChI is InChI=1S/C11H22N2O3S.ClH/c1-9(2)8-17(15,16)6-4-11(14)13-10-3-5-12-7-10;/h9-10,12H,3-8H2,1-2H3,(H,13,14);1H. The molecular formula is C11H23ClN2O3S. The molecule has 0 spiro atoms. The lowest BCUT2D eigenvalue weighted by Crippen LogP contribution is -2.37. The van der Waals surface area contributed by atoms with Crippen molar-refractivity contribution in [3.8, 4) is 0 Å². The largest absolute Gasteiger partial charge is 0.352 e. The zero-order valence-corrected chi connectivity index (χ0v) is 12.6.